The lowest BCUT2D eigenvalue weighted by atomic mass is 10.1. The summed E-state index contributed by atoms with van der Waals surface area (Å²) in [5.41, 5.74) is 7.18. The summed E-state index contributed by atoms with van der Waals surface area (Å²) in [5.74, 6) is 0.787. The van der Waals surface area contributed by atoms with Gasteiger partial charge in [0, 0.05) is 24.0 Å². The number of aliphatic hydroxyl groups is 1. The van der Waals surface area contributed by atoms with Crippen LogP contribution in [0.15, 0.2) is 30.3 Å². The molecule has 0 aliphatic carbocycles. The molecule has 0 unspecified atom stereocenters. The minimum absolute atomic E-state index is 0.0327. The van der Waals surface area contributed by atoms with Gasteiger partial charge in [-0.15, -0.1) is 0 Å². The molecule has 4 N–H and O–H groups in total. The number of benzene rings is 1. The fourth-order valence-electron chi connectivity index (χ4n) is 2.28. The van der Waals surface area contributed by atoms with Crippen LogP contribution < -0.4 is 10.6 Å². The molecule has 2 rings (SSSR count). The summed E-state index contributed by atoms with van der Waals surface area (Å²) in [6.07, 6.45) is 0.962. The van der Waals surface area contributed by atoms with Gasteiger partial charge >= 0.3 is 0 Å². The van der Waals surface area contributed by atoms with E-state index in [4.69, 9.17) is 11.1 Å². The summed E-state index contributed by atoms with van der Waals surface area (Å²) in [5, 5.41) is 17.8. The Hall–Kier alpha value is -2.14. The predicted molar refractivity (Wildman–Crippen MR) is 82.3 cm³/mol. The first-order valence-corrected chi connectivity index (χ1v) is 6.77. The molecule has 0 aliphatic heterocycles. The van der Waals surface area contributed by atoms with E-state index in [1.165, 1.54) is 0 Å². The van der Waals surface area contributed by atoms with Gasteiger partial charge in [-0.3, -0.25) is 5.41 Å². The zero-order valence-corrected chi connectivity index (χ0v) is 11.6. The third-order valence-electron chi connectivity index (χ3n) is 3.18. The van der Waals surface area contributed by atoms with Crippen LogP contribution in [-0.2, 0) is 0 Å². The van der Waals surface area contributed by atoms with Crippen LogP contribution in [0.25, 0.3) is 10.9 Å². The van der Waals surface area contributed by atoms with E-state index in [2.05, 4.69) is 11.9 Å². The Kier molecular flexibility index (Phi) is 4.53. The van der Waals surface area contributed by atoms with Gasteiger partial charge in [0.05, 0.1) is 12.1 Å². The minimum Gasteiger partial charge on any atom is -0.395 e. The number of amidine groups is 1. The lowest BCUT2D eigenvalue weighted by molar-refractivity contribution is 0.301. The molecule has 1 aromatic heterocycles. The molecular formula is C15H20N4O. The van der Waals surface area contributed by atoms with E-state index in [1.54, 1.807) is 0 Å². The van der Waals surface area contributed by atoms with Gasteiger partial charge in [0.15, 0.2) is 0 Å². The third kappa shape index (κ3) is 2.88. The summed E-state index contributed by atoms with van der Waals surface area (Å²) in [4.78, 5) is 6.63. The van der Waals surface area contributed by atoms with Crippen LogP contribution in [0.2, 0.25) is 0 Å². The first-order valence-electron chi connectivity index (χ1n) is 6.77. The number of nitrogens with two attached hydrogens (primary N) is 1. The number of anilines is 1. The van der Waals surface area contributed by atoms with Crippen molar-refractivity contribution < 1.29 is 5.11 Å². The lowest BCUT2D eigenvalue weighted by Gasteiger charge is -2.23. The Morgan fingerprint density at radius 2 is 2.10 bits per heavy atom. The largest absolute Gasteiger partial charge is 0.395 e. The smallest absolute Gasteiger partial charge is 0.130 e. The number of aromatic nitrogens is 1. The van der Waals surface area contributed by atoms with Crippen molar-refractivity contribution in [2.24, 2.45) is 5.73 Å². The molecule has 0 saturated heterocycles. The van der Waals surface area contributed by atoms with Gasteiger partial charge < -0.3 is 15.7 Å². The van der Waals surface area contributed by atoms with Gasteiger partial charge in [-0.25, -0.2) is 4.98 Å². The molecule has 0 atom stereocenters. The average molecular weight is 272 g/mol. The number of fused-ring (bicyclic) bond motifs is 1. The van der Waals surface area contributed by atoms with E-state index in [-0.39, 0.29) is 12.4 Å². The molecule has 0 radical (unpaired) electrons. The van der Waals surface area contributed by atoms with Crippen LogP contribution in [0.5, 0.6) is 0 Å². The van der Waals surface area contributed by atoms with E-state index < -0.39 is 0 Å². The highest BCUT2D eigenvalue weighted by Gasteiger charge is 2.12. The van der Waals surface area contributed by atoms with Gasteiger partial charge in [-0.2, -0.15) is 0 Å². The van der Waals surface area contributed by atoms with Gasteiger partial charge in [0.25, 0.3) is 0 Å². The Morgan fingerprint density at radius 1 is 1.35 bits per heavy atom. The van der Waals surface area contributed by atoms with Crippen LogP contribution in [-0.4, -0.2) is 35.6 Å². The standard InChI is InChI=1S/C15H20N4O/c1-2-7-19(8-9-20)14-10-12(15(16)17)11-5-3-4-6-13(11)18-14/h3-6,10,20H,2,7-9H2,1H3,(H3,16,17). The molecule has 0 spiro atoms. The molecule has 0 amide bonds. The molecule has 106 valence electrons. The fourth-order valence-corrected chi connectivity index (χ4v) is 2.28. The highest BCUT2D eigenvalue weighted by molar-refractivity contribution is 6.07. The Balaban J connectivity index is 2.56. The van der Waals surface area contributed by atoms with Crippen LogP contribution in [0.4, 0.5) is 5.82 Å². The van der Waals surface area contributed by atoms with Crippen molar-refractivity contribution in [3.05, 3.63) is 35.9 Å². The van der Waals surface area contributed by atoms with Crippen molar-refractivity contribution in [3.63, 3.8) is 0 Å². The number of nitrogen functional groups attached to an aromatic ring is 1. The maximum absolute atomic E-state index is 9.18. The van der Waals surface area contributed by atoms with E-state index in [0.29, 0.717) is 12.1 Å². The van der Waals surface area contributed by atoms with Crippen LogP contribution in [0.1, 0.15) is 18.9 Å². The highest BCUT2D eigenvalue weighted by Crippen LogP contribution is 2.22. The van der Waals surface area contributed by atoms with E-state index in [9.17, 15) is 5.11 Å². The van der Waals surface area contributed by atoms with Crippen LogP contribution in [0.3, 0.4) is 0 Å². The second kappa shape index (κ2) is 6.34. The average Bonchev–Trinajstić information content (AvgIpc) is 2.45. The summed E-state index contributed by atoms with van der Waals surface area (Å²) in [6.45, 7) is 3.49. The number of pyridine rings is 1. The predicted octanol–water partition coefficient (Wildman–Crippen LogP) is 1.73. The Bertz CT molecular complexity index is 606. The van der Waals surface area contributed by atoms with Crippen molar-refractivity contribution in [2.45, 2.75) is 13.3 Å². The maximum Gasteiger partial charge on any atom is 0.130 e. The van der Waals surface area contributed by atoms with Crippen molar-refractivity contribution in [1.29, 1.82) is 5.41 Å². The molecule has 5 heteroatoms. The Morgan fingerprint density at radius 3 is 2.75 bits per heavy atom. The van der Waals surface area contributed by atoms with E-state index in [0.717, 1.165) is 29.7 Å². The zero-order valence-electron chi connectivity index (χ0n) is 11.6. The van der Waals surface area contributed by atoms with E-state index >= 15 is 0 Å². The number of nitrogens with one attached hydrogen (secondary N) is 1. The normalized spacial score (nSPS) is 10.7. The van der Waals surface area contributed by atoms with Crippen molar-refractivity contribution in [3.8, 4) is 0 Å². The summed E-state index contributed by atoms with van der Waals surface area (Å²) in [6, 6.07) is 9.48. The molecule has 20 heavy (non-hydrogen) atoms. The van der Waals surface area contributed by atoms with Crippen LogP contribution in [0, 0.1) is 5.41 Å². The molecule has 0 aliphatic rings. The number of hydrogen-bond acceptors (Lipinski definition) is 4. The molecule has 1 heterocycles. The number of nitrogens with zero attached hydrogens (tertiary/aromatic N) is 2. The second-order valence-electron chi connectivity index (χ2n) is 4.67. The summed E-state index contributed by atoms with van der Waals surface area (Å²) >= 11 is 0. The van der Waals surface area contributed by atoms with E-state index in [1.807, 2.05) is 35.2 Å². The number of rotatable bonds is 6. The molecule has 0 fully saturated rings. The maximum atomic E-state index is 9.18. The molecule has 0 bridgehead atoms. The fraction of sp³-hybridized carbons (Fsp3) is 0.333. The van der Waals surface area contributed by atoms with Gasteiger partial charge in [0.2, 0.25) is 0 Å². The van der Waals surface area contributed by atoms with Crippen molar-refractivity contribution in [1.82, 2.24) is 4.98 Å². The zero-order chi connectivity index (χ0) is 14.5. The van der Waals surface area contributed by atoms with Gasteiger partial charge in [0.1, 0.15) is 11.7 Å². The monoisotopic (exact) mass is 272 g/mol. The molecule has 5 nitrogen and oxygen atoms in total. The third-order valence-corrected chi connectivity index (χ3v) is 3.18. The minimum atomic E-state index is 0.0327. The number of para-hydroxylation sites is 1. The number of hydrogen-bond donors (Lipinski definition) is 3. The topological polar surface area (TPSA) is 86.2 Å². The molecular weight excluding hydrogens is 252 g/mol. The van der Waals surface area contributed by atoms with Crippen molar-refractivity contribution >= 4 is 22.6 Å². The quantitative estimate of drug-likeness (QED) is 0.552. The lowest BCUT2D eigenvalue weighted by Crippen LogP contribution is -2.28. The first-order chi connectivity index (χ1) is 9.67. The van der Waals surface area contributed by atoms with Crippen LogP contribution >= 0.6 is 0 Å². The summed E-state index contributed by atoms with van der Waals surface area (Å²) < 4.78 is 0. The van der Waals surface area contributed by atoms with Gasteiger partial charge in [-0.1, -0.05) is 25.1 Å². The second-order valence-corrected chi connectivity index (χ2v) is 4.67. The first kappa shape index (κ1) is 14.3. The van der Waals surface area contributed by atoms with Gasteiger partial charge in [-0.05, 0) is 18.6 Å². The number of aliphatic hydroxyl groups excluding tert-OH is 1. The molecule has 2 aromatic rings. The highest BCUT2D eigenvalue weighted by atomic mass is 16.3. The SMILES string of the molecule is CCCN(CCO)c1cc(C(=N)N)c2ccccc2n1. The molecule has 1 aromatic carbocycles. The Labute approximate surface area is 118 Å². The molecule has 0 saturated carbocycles. The van der Waals surface area contributed by atoms with Crippen molar-refractivity contribution in [2.75, 3.05) is 24.6 Å². The summed E-state index contributed by atoms with van der Waals surface area (Å²) in [7, 11) is 0.